The van der Waals surface area contributed by atoms with Crippen LogP contribution in [0, 0.1) is 10.1 Å². The maximum atomic E-state index is 13.1. The molecule has 38 heavy (non-hydrogen) atoms. The number of nitrogens with zero attached hydrogens (tertiary/aromatic N) is 6. The molecule has 1 fully saturated rings. The summed E-state index contributed by atoms with van der Waals surface area (Å²) in [6.45, 7) is 2.07. The number of hydrogen-bond donors (Lipinski definition) is 1. The molecule has 0 aliphatic carbocycles. The molecule has 3 aromatic rings. The third-order valence-corrected chi connectivity index (χ3v) is 6.35. The highest BCUT2D eigenvalue weighted by Gasteiger charge is 2.43. The second-order valence-corrected chi connectivity index (χ2v) is 8.65. The van der Waals surface area contributed by atoms with Crippen LogP contribution in [0.5, 0.6) is 0 Å². The van der Waals surface area contributed by atoms with E-state index in [4.69, 9.17) is 16.7 Å². The summed E-state index contributed by atoms with van der Waals surface area (Å²) in [6.07, 6.45) is -0.285. The third-order valence-electron chi connectivity index (χ3n) is 5.89. The monoisotopic (exact) mass is 537 g/mol. The predicted molar refractivity (Wildman–Crippen MR) is 136 cm³/mol. The van der Waals surface area contributed by atoms with Crippen LogP contribution in [0.1, 0.15) is 29.4 Å². The van der Waals surface area contributed by atoms with Crippen molar-refractivity contribution in [1.29, 1.82) is 0 Å². The molecule has 4 rings (SSSR count). The fourth-order valence-corrected chi connectivity index (χ4v) is 4.32. The van der Waals surface area contributed by atoms with E-state index in [0.717, 1.165) is 0 Å². The molecule has 1 aliphatic rings. The standard InChI is InChI=1S/C24H23N7O6S/c1-3-29-23(34)18(13-20(32)25-16-9-11-17(12-10-16)31(35)36)30(24(29)38)14-19-22(37-27-28(19)2)26-21(33)15-7-5-4-6-8-15/h4-12,18H,3,13-14H2,1-2H3,(H-,25,26,27,32,33). The Bertz CT molecular complexity index is 1410. The Balaban J connectivity index is 1.57. The van der Waals surface area contributed by atoms with Crippen LogP contribution in [0.25, 0.3) is 0 Å². The zero-order valence-corrected chi connectivity index (χ0v) is 21.3. The molecule has 0 bridgehead atoms. The van der Waals surface area contributed by atoms with Crippen LogP contribution in [-0.4, -0.2) is 55.4 Å². The lowest BCUT2D eigenvalue weighted by molar-refractivity contribution is -0.746. The minimum atomic E-state index is -0.954. The molecule has 1 saturated heterocycles. The highest BCUT2D eigenvalue weighted by atomic mass is 32.1. The lowest BCUT2D eigenvalue weighted by Gasteiger charge is -2.24. The van der Waals surface area contributed by atoms with Crippen molar-refractivity contribution in [3.63, 3.8) is 0 Å². The van der Waals surface area contributed by atoms with E-state index in [1.165, 1.54) is 33.8 Å². The lowest BCUT2D eigenvalue weighted by atomic mass is 10.1. The van der Waals surface area contributed by atoms with Crippen LogP contribution < -0.4 is 15.1 Å². The van der Waals surface area contributed by atoms with Crippen LogP contribution in [-0.2, 0) is 18.4 Å². The molecule has 2 heterocycles. The van der Waals surface area contributed by atoms with Crippen LogP contribution in [0.2, 0.25) is 0 Å². The highest BCUT2D eigenvalue weighted by Crippen LogP contribution is 2.26. The fourth-order valence-electron chi connectivity index (χ4n) is 3.91. The number of carbonyl (C=O) groups is 2. The first-order chi connectivity index (χ1) is 18.2. The molecule has 0 radical (unpaired) electrons. The molecule has 1 unspecified atom stereocenters. The maximum absolute atomic E-state index is 13.1. The largest absolute Gasteiger partial charge is 0.862 e. The number of non-ortho nitro benzene ring substituents is 1. The summed E-state index contributed by atoms with van der Waals surface area (Å²) in [4.78, 5) is 43.0. The summed E-state index contributed by atoms with van der Waals surface area (Å²) in [5, 5.41) is 30.4. The van der Waals surface area contributed by atoms with Gasteiger partial charge in [-0.3, -0.25) is 39.4 Å². The number of carbonyl (C=O) groups excluding carboxylic acids is 2. The number of aryl methyl sites for hydroxylation is 1. The number of aromatic nitrogens is 2. The molecular formula is C24H23N7O6S. The average Bonchev–Trinajstić information content (AvgIpc) is 3.35. The number of rotatable bonds is 9. The second-order valence-electron chi connectivity index (χ2n) is 8.28. The van der Waals surface area contributed by atoms with Crippen molar-refractivity contribution in [1.82, 2.24) is 15.1 Å². The number of hydrogen-bond acceptors (Lipinski definition) is 9. The van der Waals surface area contributed by atoms with E-state index >= 15 is 0 Å². The zero-order valence-electron chi connectivity index (χ0n) is 20.4. The summed E-state index contributed by atoms with van der Waals surface area (Å²) in [5.74, 6) is -1.30. The Morgan fingerprint density at radius 3 is 2.55 bits per heavy atom. The molecule has 1 aliphatic heterocycles. The van der Waals surface area contributed by atoms with Gasteiger partial charge in [-0.2, -0.15) is 0 Å². The maximum Gasteiger partial charge on any atom is 0.307 e. The Morgan fingerprint density at radius 2 is 1.92 bits per heavy atom. The van der Waals surface area contributed by atoms with Gasteiger partial charge in [-0.1, -0.05) is 18.2 Å². The van der Waals surface area contributed by atoms with E-state index in [2.05, 4.69) is 15.6 Å². The van der Waals surface area contributed by atoms with E-state index < -0.39 is 22.8 Å². The summed E-state index contributed by atoms with van der Waals surface area (Å²) >= 11 is 5.54. The number of aliphatic imine (C=N–C) groups is 1. The summed E-state index contributed by atoms with van der Waals surface area (Å²) < 4.78 is 6.72. The van der Waals surface area contributed by atoms with Crippen LogP contribution in [0.4, 0.5) is 17.3 Å². The van der Waals surface area contributed by atoms with Gasteiger partial charge in [-0.15, -0.1) is 0 Å². The number of nitro benzene ring substituents is 1. The van der Waals surface area contributed by atoms with Crippen LogP contribution in [0.15, 0.2) is 64.1 Å². The lowest BCUT2D eigenvalue weighted by Crippen LogP contribution is -2.43. The molecule has 13 nitrogen and oxygen atoms in total. The van der Waals surface area contributed by atoms with Gasteiger partial charge in [-0.05, 0) is 54.0 Å². The first-order valence-electron chi connectivity index (χ1n) is 11.5. The van der Waals surface area contributed by atoms with Gasteiger partial charge < -0.3 is 10.0 Å². The van der Waals surface area contributed by atoms with Crippen molar-refractivity contribution in [2.45, 2.75) is 25.9 Å². The van der Waals surface area contributed by atoms with Gasteiger partial charge in [0.05, 0.1) is 10.6 Å². The van der Waals surface area contributed by atoms with Gasteiger partial charge in [0.2, 0.25) is 5.27 Å². The summed E-state index contributed by atoms with van der Waals surface area (Å²) in [5.41, 5.74) is 0.933. The van der Waals surface area contributed by atoms with Crippen molar-refractivity contribution in [3.05, 3.63) is 76.0 Å². The molecule has 196 valence electrons. The number of thiocarbonyl (C=S) groups is 1. The average molecular weight is 538 g/mol. The second kappa shape index (κ2) is 11.1. The van der Waals surface area contributed by atoms with E-state index in [9.17, 15) is 24.8 Å². The Morgan fingerprint density at radius 1 is 1.24 bits per heavy atom. The number of likely N-dealkylation sites (N-methyl/N-ethyl adjacent to an activating group) is 1. The van der Waals surface area contributed by atoms with Crippen molar-refractivity contribution in [3.8, 4) is 0 Å². The van der Waals surface area contributed by atoms with Gasteiger partial charge in [0.15, 0.2) is 12.2 Å². The van der Waals surface area contributed by atoms with Gasteiger partial charge in [0, 0.05) is 30.7 Å². The Kier molecular flexibility index (Phi) is 7.71. The number of nitro groups is 1. The van der Waals surface area contributed by atoms with Crippen LogP contribution >= 0.6 is 12.2 Å². The first-order valence-corrected chi connectivity index (χ1v) is 11.9. The van der Waals surface area contributed by atoms with Crippen molar-refractivity contribution in [2.24, 2.45) is 12.0 Å². The molecule has 0 spiro atoms. The highest BCUT2D eigenvalue weighted by molar-refractivity contribution is 7.80. The number of nitrogens with one attached hydrogen (secondary N) is 1. The SMILES string of the molecule is CCN1C(=O)C(CC([O-])=Nc2ccc([N+](=O)[O-])cc2)N(Cc2c(NC(=O)c3ccccc3)on[n+]2C)C1=S. The van der Waals surface area contributed by atoms with E-state index in [1.807, 2.05) is 0 Å². The topological polar surface area (TPSA) is 161 Å². The molecule has 2 amide bonds. The molecule has 1 aromatic heterocycles. The van der Waals surface area contributed by atoms with Crippen molar-refractivity contribution >= 4 is 52.3 Å². The van der Waals surface area contributed by atoms with Crippen LogP contribution in [0.3, 0.4) is 0 Å². The van der Waals surface area contributed by atoms with E-state index in [1.54, 1.807) is 49.2 Å². The quantitative estimate of drug-likeness (QED) is 0.106. The normalized spacial score (nSPS) is 15.7. The fraction of sp³-hybridized carbons (Fsp3) is 0.250. The minimum Gasteiger partial charge on any atom is -0.862 e. The summed E-state index contributed by atoms with van der Waals surface area (Å²) in [7, 11) is 1.61. The molecule has 1 atom stereocenters. The molecular weight excluding hydrogens is 514 g/mol. The molecule has 14 heteroatoms. The molecule has 0 saturated carbocycles. The zero-order chi connectivity index (χ0) is 27.4. The van der Waals surface area contributed by atoms with Gasteiger partial charge in [0.1, 0.15) is 12.6 Å². The minimum absolute atomic E-state index is 0.0148. The van der Waals surface area contributed by atoms with Gasteiger partial charge >= 0.3 is 5.88 Å². The van der Waals surface area contributed by atoms with Gasteiger partial charge in [0.25, 0.3) is 23.2 Å². The number of benzene rings is 2. The summed E-state index contributed by atoms with van der Waals surface area (Å²) in [6, 6.07) is 12.8. The van der Waals surface area contributed by atoms with E-state index in [0.29, 0.717) is 17.8 Å². The Labute approximate surface area is 222 Å². The number of amides is 2. The van der Waals surface area contributed by atoms with Crippen molar-refractivity contribution < 1.29 is 28.8 Å². The molecule has 1 N–H and O–H groups in total. The predicted octanol–water partition coefficient (Wildman–Crippen LogP) is 1.46. The third kappa shape index (κ3) is 5.49. The first kappa shape index (κ1) is 26.3. The van der Waals surface area contributed by atoms with E-state index in [-0.39, 0.29) is 41.2 Å². The van der Waals surface area contributed by atoms with Crippen molar-refractivity contribution in [2.75, 3.05) is 11.9 Å². The number of anilines is 1. The molecule has 2 aromatic carbocycles. The van der Waals surface area contributed by atoms with Gasteiger partial charge in [-0.25, -0.2) is 0 Å². The smallest absolute Gasteiger partial charge is 0.307 e. The Hall–Kier alpha value is -4.72.